The monoisotopic (exact) mass is 347 g/mol. The van der Waals surface area contributed by atoms with E-state index in [4.69, 9.17) is 11.6 Å². The van der Waals surface area contributed by atoms with E-state index in [-0.39, 0.29) is 0 Å². The Balaban J connectivity index is 1.82. The van der Waals surface area contributed by atoms with Gasteiger partial charge in [-0.25, -0.2) is 0 Å². The molecule has 0 atom stereocenters. The van der Waals surface area contributed by atoms with Gasteiger partial charge in [-0.15, -0.1) is 11.3 Å². The van der Waals surface area contributed by atoms with Gasteiger partial charge in [0.15, 0.2) is 0 Å². The topological polar surface area (TPSA) is 29.9 Å². The molecule has 0 saturated carbocycles. The zero-order chi connectivity index (χ0) is 13.1. The van der Waals surface area contributed by atoms with Crippen molar-refractivity contribution >= 4 is 38.9 Å². The Hall–Kier alpha value is -0.360. The highest BCUT2D eigenvalue weighted by Crippen LogP contribution is 2.22. The molecule has 3 nitrogen and oxygen atoms in total. The second kappa shape index (κ2) is 6.19. The first-order valence-electron chi connectivity index (χ1n) is 5.71. The van der Waals surface area contributed by atoms with Crippen LogP contribution in [0.25, 0.3) is 0 Å². The van der Waals surface area contributed by atoms with Crippen LogP contribution in [-0.4, -0.2) is 16.3 Å². The van der Waals surface area contributed by atoms with E-state index in [1.807, 2.05) is 24.7 Å². The molecule has 0 aliphatic heterocycles. The van der Waals surface area contributed by atoms with Gasteiger partial charge < -0.3 is 5.32 Å². The van der Waals surface area contributed by atoms with Crippen LogP contribution in [-0.2, 0) is 20.0 Å². The molecule has 6 heteroatoms. The first-order valence-corrected chi connectivity index (χ1v) is 7.69. The molecule has 0 aromatic carbocycles. The molecule has 0 aliphatic rings. The number of hydrogen-bond donors (Lipinski definition) is 1. The van der Waals surface area contributed by atoms with Crippen molar-refractivity contribution in [1.82, 2.24) is 15.1 Å². The molecule has 2 rings (SSSR count). The maximum absolute atomic E-state index is 5.89. The molecule has 98 valence electrons. The standard InChI is InChI=1S/C12H15BrClN3S/c1-8-12(13)10(17(2)16-8)7-15-6-5-9-3-4-11(14)18-9/h3-4,15H,5-7H2,1-2H3. The van der Waals surface area contributed by atoms with Gasteiger partial charge in [0.05, 0.1) is 20.2 Å². The predicted octanol–water partition coefficient (Wildman–Crippen LogP) is 3.54. The Morgan fingerprint density at radius 2 is 2.28 bits per heavy atom. The van der Waals surface area contributed by atoms with Crippen molar-refractivity contribution in [2.45, 2.75) is 19.9 Å². The Morgan fingerprint density at radius 3 is 2.83 bits per heavy atom. The summed E-state index contributed by atoms with van der Waals surface area (Å²) in [6, 6.07) is 4.03. The summed E-state index contributed by atoms with van der Waals surface area (Å²) in [4.78, 5) is 1.31. The number of aromatic nitrogens is 2. The van der Waals surface area contributed by atoms with E-state index in [2.05, 4.69) is 32.4 Å². The van der Waals surface area contributed by atoms with Crippen molar-refractivity contribution < 1.29 is 0 Å². The van der Waals surface area contributed by atoms with Crippen molar-refractivity contribution in [3.63, 3.8) is 0 Å². The molecule has 2 heterocycles. The van der Waals surface area contributed by atoms with E-state index in [0.29, 0.717) is 0 Å². The van der Waals surface area contributed by atoms with E-state index < -0.39 is 0 Å². The fourth-order valence-corrected chi connectivity index (χ4v) is 3.34. The molecular weight excluding hydrogens is 334 g/mol. The number of halogens is 2. The van der Waals surface area contributed by atoms with Gasteiger partial charge in [0.1, 0.15) is 0 Å². The summed E-state index contributed by atoms with van der Waals surface area (Å²) in [5.74, 6) is 0. The molecular formula is C12H15BrClN3S. The van der Waals surface area contributed by atoms with Crippen LogP contribution < -0.4 is 5.32 Å². The van der Waals surface area contributed by atoms with Gasteiger partial charge in [-0.2, -0.15) is 5.10 Å². The second-order valence-electron chi connectivity index (χ2n) is 4.10. The minimum Gasteiger partial charge on any atom is -0.311 e. The van der Waals surface area contributed by atoms with Gasteiger partial charge in [-0.3, -0.25) is 4.68 Å². The van der Waals surface area contributed by atoms with Gasteiger partial charge in [0, 0.05) is 25.0 Å². The minimum atomic E-state index is 0.816. The summed E-state index contributed by atoms with van der Waals surface area (Å²) in [5, 5.41) is 7.79. The van der Waals surface area contributed by atoms with Crippen LogP contribution in [0.15, 0.2) is 16.6 Å². The van der Waals surface area contributed by atoms with Crippen molar-refractivity contribution in [2.75, 3.05) is 6.54 Å². The van der Waals surface area contributed by atoms with Gasteiger partial charge in [0.25, 0.3) is 0 Å². The zero-order valence-corrected chi connectivity index (χ0v) is 13.5. The van der Waals surface area contributed by atoms with Crippen molar-refractivity contribution in [2.24, 2.45) is 7.05 Å². The maximum Gasteiger partial charge on any atom is 0.0931 e. The molecule has 0 fully saturated rings. The third kappa shape index (κ3) is 3.35. The number of thiophene rings is 1. The summed E-state index contributed by atoms with van der Waals surface area (Å²) >= 11 is 11.1. The maximum atomic E-state index is 5.89. The summed E-state index contributed by atoms with van der Waals surface area (Å²) in [5.41, 5.74) is 2.20. The number of hydrogen-bond acceptors (Lipinski definition) is 3. The third-order valence-electron chi connectivity index (χ3n) is 2.73. The number of rotatable bonds is 5. The predicted molar refractivity (Wildman–Crippen MR) is 80.4 cm³/mol. The quantitative estimate of drug-likeness (QED) is 0.838. The Morgan fingerprint density at radius 1 is 1.50 bits per heavy atom. The number of aryl methyl sites for hydroxylation is 2. The summed E-state index contributed by atoms with van der Waals surface area (Å²) in [6.45, 7) is 3.76. The van der Waals surface area contributed by atoms with Crippen molar-refractivity contribution in [1.29, 1.82) is 0 Å². The van der Waals surface area contributed by atoms with Crippen molar-refractivity contribution in [3.8, 4) is 0 Å². The van der Waals surface area contributed by atoms with Crippen LogP contribution in [0.5, 0.6) is 0 Å². The lowest BCUT2D eigenvalue weighted by atomic mass is 10.3. The molecule has 2 aromatic heterocycles. The average molecular weight is 349 g/mol. The van der Waals surface area contributed by atoms with Gasteiger partial charge in [-0.1, -0.05) is 11.6 Å². The molecule has 0 unspecified atom stereocenters. The molecule has 0 aliphatic carbocycles. The number of nitrogens with one attached hydrogen (secondary N) is 1. The summed E-state index contributed by atoms with van der Waals surface area (Å²) in [7, 11) is 1.97. The molecule has 0 spiro atoms. The summed E-state index contributed by atoms with van der Waals surface area (Å²) < 4.78 is 3.86. The van der Waals surface area contributed by atoms with E-state index >= 15 is 0 Å². The van der Waals surface area contributed by atoms with E-state index in [1.54, 1.807) is 11.3 Å². The second-order valence-corrected chi connectivity index (χ2v) is 6.69. The lowest BCUT2D eigenvalue weighted by Gasteiger charge is -2.05. The van der Waals surface area contributed by atoms with Gasteiger partial charge >= 0.3 is 0 Å². The van der Waals surface area contributed by atoms with E-state index in [0.717, 1.165) is 34.0 Å². The average Bonchev–Trinajstić information content (AvgIpc) is 2.82. The Kier molecular flexibility index (Phi) is 4.84. The lowest BCUT2D eigenvalue weighted by Crippen LogP contribution is -2.18. The highest BCUT2D eigenvalue weighted by Gasteiger charge is 2.09. The van der Waals surface area contributed by atoms with Crippen LogP contribution in [0.3, 0.4) is 0 Å². The zero-order valence-electron chi connectivity index (χ0n) is 10.3. The largest absolute Gasteiger partial charge is 0.311 e. The molecule has 0 saturated heterocycles. The minimum absolute atomic E-state index is 0.816. The SMILES string of the molecule is Cc1nn(C)c(CNCCc2ccc(Cl)s2)c1Br. The summed E-state index contributed by atoms with van der Waals surface area (Å²) in [6.07, 6.45) is 1.01. The van der Waals surface area contributed by atoms with E-state index in [1.165, 1.54) is 10.6 Å². The number of nitrogens with zero attached hydrogens (tertiary/aromatic N) is 2. The first kappa shape index (κ1) is 14.1. The van der Waals surface area contributed by atoms with Crippen molar-refractivity contribution in [3.05, 3.63) is 37.2 Å². The van der Waals surface area contributed by atoms with Crippen LogP contribution in [0.2, 0.25) is 4.34 Å². The van der Waals surface area contributed by atoms with Gasteiger partial charge in [0.2, 0.25) is 0 Å². The first-order chi connectivity index (χ1) is 8.58. The molecule has 2 aromatic rings. The Labute approximate surface area is 124 Å². The lowest BCUT2D eigenvalue weighted by molar-refractivity contribution is 0.624. The molecule has 1 N–H and O–H groups in total. The molecule has 18 heavy (non-hydrogen) atoms. The van der Waals surface area contributed by atoms with E-state index in [9.17, 15) is 0 Å². The highest BCUT2D eigenvalue weighted by molar-refractivity contribution is 9.10. The van der Waals surface area contributed by atoms with Crippen LogP contribution in [0.1, 0.15) is 16.3 Å². The fraction of sp³-hybridized carbons (Fsp3) is 0.417. The Bertz CT molecular complexity index is 535. The smallest absolute Gasteiger partial charge is 0.0931 e. The van der Waals surface area contributed by atoms with Crippen LogP contribution in [0, 0.1) is 6.92 Å². The third-order valence-corrected chi connectivity index (χ3v) is 5.05. The normalized spacial score (nSPS) is 11.1. The fourth-order valence-electron chi connectivity index (χ4n) is 1.78. The molecule has 0 amide bonds. The molecule has 0 bridgehead atoms. The molecule has 0 radical (unpaired) electrons. The van der Waals surface area contributed by atoms with Gasteiger partial charge in [-0.05, 0) is 41.4 Å². The van der Waals surface area contributed by atoms with Crippen LogP contribution >= 0.6 is 38.9 Å². The highest BCUT2D eigenvalue weighted by atomic mass is 79.9. The van der Waals surface area contributed by atoms with Crippen LogP contribution in [0.4, 0.5) is 0 Å².